The van der Waals surface area contributed by atoms with E-state index in [4.69, 9.17) is 4.74 Å². The smallest absolute Gasteiger partial charge is 0.320 e. The maximum absolute atomic E-state index is 12.0. The van der Waals surface area contributed by atoms with Gasteiger partial charge in [0.05, 0.1) is 0 Å². The fraction of sp³-hybridized carbons (Fsp3) is 0.500. The quantitative estimate of drug-likeness (QED) is 0.834. The van der Waals surface area contributed by atoms with Gasteiger partial charge in [-0.3, -0.25) is 5.32 Å². The van der Waals surface area contributed by atoms with Crippen molar-refractivity contribution < 1.29 is 18.3 Å². The second-order valence-electron chi connectivity index (χ2n) is 4.34. The van der Waals surface area contributed by atoms with E-state index in [2.05, 4.69) is 15.6 Å². The first-order valence-corrected chi connectivity index (χ1v) is 6.06. The van der Waals surface area contributed by atoms with Crippen LogP contribution < -0.4 is 15.4 Å². The van der Waals surface area contributed by atoms with Gasteiger partial charge in [-0.2, -0.15) is 4.98 Å². The Labute approximate surface area is 109 Å². The third kappa shape index (κ3) is 5.07. The first kappa shape index (κ1) is 13.5. The fourth-order valence-electron chi connectivity index (χ4n) is 1.43. The molecule has 0 unspecified atom stereocenters. The first-order valence-electron chi connectivity index (χ1n) is 6.06. The van der Waals surface area contributed by atoms with Crippen molar-refractivity contribution in [1.82, 2.24) is 10.3 Å². The molecule has 2 amide bonds. The largest absolute Gasteiger partial charge is 0.472 e. The van der Waals surface area contributed by atoms with Gasteiger partial charge in [-0.1, -0.05) is 6.07 Å². The van der Waals surface area contributed by atoms with E-state index < -0.39 is 13.0 Å². The molecule has 0 spiro atoms. The van der Waals surface area contributed by atoms with Crippen LogP contribution in [-0.4, -0.2) is 30.6 Å². The number of carbonyl (C=O) groups is 1. The van der Waals surface area contributed by atoms with Crippen LogP contribution in [0.5, 0.6) is 5.88 Å². The van der Waals surface area contributed by atoms with Gasteiger partial charge >= 0.3 is 6.03 Å². The summed E-state index contributed by atoms with van der Waals surface area (Å²) in [6, 6.07) is 4.23. The second-order valence-corrected chi connectivity index (χ2v) is 4.34. The minimum atomic E-state index is -2.56. The van der Waals surface area contributed by atoms with Crippen molar-refractivity contribution in [3.05, 3.63) is 18.2 Å². The normalized spacial score (nSPS) is 14.3. The molecule has 2 rings (SSSR count). The zero-order valence-electron chi connectivity index (χ0n) is 10.2. The molecule has 2 N–H and O–H groups in total. The Bertz CT molecular complexity index is 439. The average Bonchev–Trinajstić information content (AvgIpc) is 3.18. The predicted octanol–water partition coefficient (Wildman–Crippen LogP) is 2.26. The number of carbonyl (C=O) groups excluding carboxylic acids is 1. The van der Waals surface area contributed by atoms with Gasteiger partial charge in [0.2, 0.25) is 5.88 Å². The molecule has 0 bridgehead atoms. The van der Waals surface area contributed by atoms with Crippen LogP contribution in [0, 0.1) is 5.92 Å². The molecule has 104 valence electrons. The molecule has 0 atom stereocenters. The summed E-state index contributed by atoms with van der Waals surface area (Å²) in [5.74, 6) is 0.903. The number of ether oxygens (including phenoxy) is 1. The molecule has 0 aliphatic heterocycles. The summed E-state index contributed by atoms with van der Waals surface area (Å²) < 4.78 is 28.7. The molecule has 1 saturated carbocycles. The van der Waals surface area contributed by atoms with Crippen molar-refractivity contribution in [3.8, 4) is 5.88 Å². The number of amides is 2. The lowest BCUT2D eigenvalue weighted by molar-refractivity contribution is 0.0796. The summed E-state index contributed by atoms with van der Waals surface area (Å²) in [6.45, 7) is -0.0717. The molecule has 1 aromatic heterocycles. The Kier molecular flexibility index (Phi) is 4.48. The van der Waals surface area contributed by atoms with E-state index in [1.807, 2.05) is 0 Å². The summed E-state index contributed by atoms with van der Waals surface area (Å²) in [6.07, 6.45) is -0.259. The summed E-state index contributed by atoms with van der Waals surface area (Å²) in [5, 5.41) is 5.24. The van der Waals surface area contributed by atoms with Crippen LogP contribution in [-0.2, 0) is 0 Å². The minimum absolute atomic E-state index is 0.0558. The Hall–Kier alpha value is -1.92. The molecule has 0 radical (unpaired) electrons. The third-order valence-corrected chi connectivity index (χ3v) is 2.57. The minimum Gasteiger partial charge on any atom is -0.472 e. The monoisotopic (exact) mass is 271 g/mol. The molecular formula is C12H15F2N3O2. The Morgan fingerprint density at radius 2 is 2.26 bits per heavy atom. The van der Waals surface area contributed by atoms with Gasteiger partial charge in [0.25, 0.3) is 6.43 Å². The van der Waals surface area contributed by atoms with Crippen LogP contribution in [0.15, 0.2) is 18.2 Å². The lowest BCUT2D eigenvalue weighted by Gasteiger charge is -2.08. The van der Waals surface area contributed by atoms with Crippen LogP contribution in [0.25, 0.3) is 0 Å². The zero-order valence-corrected chi connectivity index (χ0v) is 10.2. The number of aromatic nitrogens is 1. The average molecular weight is 271 g/mol. The predicted molar refractivity (Wildman–Crippen MR) is 65.5 cm³/mol. The van der Waals surface area contributed by atoms with Crippen LogP contribution in [0.3, 0.4) is 0 Å². The highest BCUT2D eigenvalue weighted by molar-refractivity contribution is 5.88. The number of alkyl halides is 2. The van der Waals surface area contributed by atoms with E-state index >= 15 is 0 Å². The van der Waals surface area contributed by atoms with Gasteiger partial charge in [0, 0.05) is 12.6 Å². The molecule has 0 aromatic carbocycles. The maximum Gasteiger partial charge on any atom is 0.320 e. The molecule has 7 heteroatoms. The van der Waals surface area contributed by atoms with Crippen molar-refractivity contribution >= 4 is 11.8 Å². The van der Waals surface area contributed by atoms with Crippen LogP contribution >= 0.6 is 0 Å². The van der Waals surface area contributed by atoms with E-state index in [0.29, 0.717) is 12.5 Å². The fourth-order valence-corrected chi connectivity index (χ4v) is 1.43. The number of hydrogen-bond donors (Lipinski definition) is 2. The Morgan fingerprint density at radius 3 is 2.95 bits per heavy atom. The topological polar surface area (TPSA) is 63.2 Å². The Balaban J connectivity index is 1.81. The van der Waals surface area contributed by atoms with E-state index in [-0.39, 0.29) is 17.7 Å². The van der Waals surface area contributed by atoms with Gasteiger partial charge in [-0.15, -0.1) is 0 Å². The second kappa shape index (κ2) is 6.31. The maximum atomic E-state index is 12.0. The lowest BCUT2D eigenvalue weighted by atomic mass is 10.4. The highest BCUT2D eigenvalue weighted by Crippen LogP contribution is 2.27. The van der Waals surface area contributed by atoms with Gasteiger partial charge in [-0.25, -0.2) is 13.6 Å². The van der Waals surface area contributed by atoms with E-state index in [0.717, 1.165) is 12.8 Å². The number of nitrogens with one attached hydrogen (secondary N) is 2. The molecule has 1 heterocycles. The van der Waals surface area contributed by atoms with Crippen molar-refractivity contribution in [2.24, 2.45) is 5.92 Å². The number of hydrogen-bond acceptors (Lipinski definition) is 3. The number of halogens is 2. The van der Waals surface area contributed by atoms with E-state index in [1.165, 1.54) is 6.07 Å². The van der Waals surface area contributed by atoms with Crippen LogP contribution in [0.1, 0.15) is 12.8 Å². The summed E-state index contributed by atoms with van der Waals surface area (Å²) in [4.78, 5) is 15.4. The summed E-state index contributed by atoms with van der Waals surface area (Å²) in [5.41, 5.74) is 0. The number of rotatable bonds is 6. The number of pyridine rings is 1. The van der Waals surface area contributed by atoms with Crippen molar-refractivity contribution in [3.63, 3.8) is 0 Å². The number of nitrogens with zero attached hydrogens (tertiary/aromatic N) is 1. The van der Waals surface area contributed by atoms with Gasteiger partial charge in [0.15, 0.2) is 6.61 Å². The molecule has 1 fully saturated rings. The van der Waals surface area contributed by atoms with Crippen molar-refractivity contribution in [1.29, 1.82) is 0 Å². The third-order valence-electron chi connectivity index (χ3n) is 2.57. The van der Waals surface area contributed by atoms with Crippen LogP contribution in [0.4, 0.5) is 19.4 Å². The van der Waals surface area contributed by atoms with Gasteiger partial charge < -0.3 is 10.1 Å². The SMILES string of the molecule is O=C(NCC1CC1)Nc1cccc(OCC(F)F)n1. The molecule has 1 aliphatic rings. The van der Waals surface area contributed by atoms with Gasteiger partial charge in [-0.05, 0) is 24.8 Å². The highest BCUT2D eigenvalue weighted by atomic mass is 19.3. The molecule has 0 saturated heterocycles. The first-order chi connectivity index (χ1) is 9.13. The van der Waals surface area contributed by atoms with E-state index in [9.17, 15) is 13.6 Å². The van der Waals surface area contributed by atoms with E-state index in [1.54, 1.807) is 12.1 Å². The molecular weight excluding hydrogens is 256 g/mol. The summed E-state index contributed by atoms with van der Waals surface area (Å²) >= 11 is 0. The molecule has 5 nitrogen and oxygen atoms in total. The number of urea groups is 1. The molecule has 1 aromatic rings. The van der Waals surface area contributed by atoms with Crippen molar-refractivity contribution in [2.45, 2.75) is 19.3 Å². The summed E-state index contributed by atoms with van der Waals surface area (Å²) in [7, 11) is 0. The number of anilines is 1. The molecule has 1 aliphatic carbocycles. The van der Waals surface area contributed by atoms with Gasteiger partial charge in [0.1, 0.15) is 5.82 Å². The zero-order chi connectivity index (χ0) is 13.7. The van der Waals surface area contributed by atoms with Crippen molar-refractivity contribution in [2.75, 3.05) is 18.5 Å². The lowest BCUT2D eigenvalue weighted by Crippen LogP contribution is -2.30. The Morgan fingerprint density at radius 1 is 1.47 bits per heavy atom. The highest BCUT2D eigenvalue weighted by Gasteiger charge is 2.21. The standard InChI is InChI=1S/C12H15F2N3O2/c13-9(14)7-19-11-3-1-2-10(16-11)17-12(18)15-6-8-4-5-8/h1-3,8-9H,4-7H2,(H2,15,16,17,18). The molecule has 19 heavy (non-hydrogen) atoms. The van der Waals surface area contributed by atoms with Crippen LogP contribution in [0.2, 0.25) is 0 Å².